The Morgan fingerprint density at radius 3 is 3.20 bits per heavy atom. The van der Waals surface area contributed by atoms with Crippen LogP contribution >= 0.6 is 15.9 Å². The van der Waals surface area contributed by atoms with E-state index in [0.29, 0.717) is 12.3 Å². The summed E-state index contributed by atoms with van der Waals surface area (Å²) >= 11 is 3.49. The van der Waals surface area contributed by atoms with E-state index < -0.39 is 0 Å². The Kier molecular flexibility index (Phi) is 3.27. The minimum Gasteiger partial charge on any atom is -0.492 e. The predicted molar refractivity (Wildman–Crippen MR) is 61.8 cm³/mol. The van der Waals surface area contributed by atoms with Crippen LogP contribution in [0.3, 0.4) is 0 Å². The summed E-state index contributed by atoms with van der Waals surface area (Å²) in [5, 5.41) is 8.80. The molecule has 0 radical (unpaired) electrons. The molecule has 2 rings (SSSR count). The third kappa shape index (κ3) is 2.15. The molecule has 1 aromatic carbocycles. The lowest BCUT2D eigenvalue weighted by atomic mass is 9.92. The molecule has 1 heterocycles. The summed E-state index contributed by atoms with van der Waals surface area (Å²) in [5.41, 5.74) is 1.17. The highest BCUT2D eigenvalue weighted by atomic mass is 79.9. The lowest BCUT2D eigenvalue weighted by Crippen LogP contribution is -1.97. The lowest BCUT2D eigenvalue weighted by Gasteiger charge is -2.14. The fraction of sp³-hybridized carbons (Fsp3) is 0.417. The Bertz CT molecular complexity index is 397. The number of fused-ring (bicyclic) bond motifs is 1. The summed E-state index contributed by atoms with van der Waals surface area (Å²) in [5.74, 6) is 1.25. The molecule has 0 N–H and O–H groups in total. The molecule has 1 aliphatic rings. The first-order valence-corrected chi connectivity index (χ1v) is 5.90. The molecule has 0 aromatic heterocycles. The largest absolute Gasteiger partial charge is 0.492 e. The first-order chi connectivity index (χ1) is 7.33. The van der Waals surface area contributed by atoms with E-state index in [4.69, 9.17) is 10.00 Å². The van der Waals surface area contributed by atoms with Crippen molar-refractivity contribution in [1.82, 2.24) is 0 Å². The molecule has 0 saturated heterocycles. The number of nitrogens with zero attached hydrogens (tertiary/aromatic N) is 1. The van der Waals surface area contributed by atoms with Gasteiger partial charge < -0.3 is 4.74 Å². The lowest BCUT2D eigenvalue weighted by molar-refractivity contribution is 0.314. The van der Waals surface area contributed by atoms with Gasteiger partial charge in [-0.05, 0) is 40.4 Å². The van der Waals surface area contributed by atoms with Gasteiger partial charge in [-0.2, -0.15) is 5.26 Å². The zero-order valence-corrected chi connectivity index (χ0v) is 9.96. The minimum absolute atomic E-state index is 0.324. The second-order valence-corrected chi connectivity index (χ2v) is 4.56. The molecule has 0 saturated carbocycles. The second kappa shape index (κ2) is 4.67. The SMILES string of the molecule is N#CCC1CCCOc2c(Br)cccc21. The van der Waals surface area contributed by atoms with Crippen molar-refractivity contribution in [3.63, 3.8) is 0 Å². The van der Waals surface area contributed by atoms with Crippen molar-refractivity contribution in [1.29, 1.82) is 5.26 Å². The highest BCUT2D eigenvalue weighted by molar-refractivity contribution is 9.10. The fourth-order valence-electron chi connectivity index (χ4n) is 1.98. The Labute approximate surface area is 98.0 Å². The summed E-state index contributed by atoms with van der Waals surface area (Å²) in [7, 11) is 0. The Balaban J connectivity index is 2.41. The van der Waals surface area contributed by atoms with Gasteiger partial charge in [-0.3, -0.25) is 0 Å². The highest BCUT2D eigenvalue weighted by Crippen LogP contribution is 2.39. The maximum Gasteiger partial charge on any atom is 0.136 e. The quantitative estimate of drug-likeness (QED) is 0.777. The van der Waals surface area contributed by atoms with Crippen LogP contribution < -0.4 is 4.74 Å². The summed E-state index contributed by atoms with van der Waals surface area (Å²) in [6, 6.07) is 8.30. The number of hydrogen-bond acceptors (Lipinski definition) is 2. The van der Waals surface area contributed by atoms with E-state index in [1.165, 1.54) is 5.56 Å². The van der Waals surface area contributed by atoms with Crippen molar-refractivity contribution in [2.75, 3.05) is 6.61 Å². The maximum absolute atomic E-state index is 8.80. The van der Waals surface area contributed by atoms with Gasteiger partial charge >= 0.3 is 0 Å². The van der Waals surface area contributed by atoms with E-state index in [1.54, 1.807) is 0 Å². The van der Waals surface area contributed by atoms with Gasteiger partial charge in [-0.1, -0.05) is 12.1 Å². The molecule has 1 aromatic rings. The van der Waals surface area contributed by atoms with Gasteiger partial charge in [0.25, 0.3) is 0 Å². The molecular formula is C12H12BrNO. The molecular weight excluding hydrogens is 254 g/mol. The first-order valence-electron chi connectivity index (χ1n) is 5.11. The molecule has 0 spiro atoms. The van der Waals surface area contributed by atoms with Crippen molar-refractivity contribution in [3.8, 4) is 11.8 Å². The van der Waals surface area contributed by atoms with E-state index in [2.05, 4.69) is 28.1 Å². The summed E-state index contributed by atoms with van der Waals surface area (Å²) in [6.45, 7) is 0.748. The summed E-state index contributed by atoms with van der Waals surface area (Å²) in [4.78, 5) is 0. The molecule has 0 amide bonds. The van der Waals surface area contributed by atoms with Crippen LogP contribution in [0.15, 0.2) is 22.7 Å². The average Bonchev–Trinajstić information content (AvgIpc) is 2.43. The number of nitriles is 1. The molecule has 78 valence electrons. The Hall–Kier alpha value is -1.01. The van der Waals surface area contributed by atoms with Gasteiger partial charge in [0.1, 0.15) is 5.75 Å². The third-order valence-electron chi connectivity index (χ3n) is 2.72. The standard InChI is InChI=1S/C12H12BrNO/c13-11-5-1-4-10-9(6-7-14)3-2-8-15-12(10)11/h1,4-5,9H,2-3,6,8H2. The number of para-hydroxylation sites is 1. The second-order valence-electron chi connectivity index (χ2n) is 3.71. The van der Waals surface area contributed by atoms with Gasteiger partial charge in [0, 0.05) is 12.3 Å². The van der Waals surface area contributed by atoms with Crippen molar-refractivity contribution in [3.05, 3.63) is 28.2 Å². The van der Waals surface area contributed by atoms with Crippen LogP contribution in [0.4, 0.5) is 0 Å². The molecule has 2 nitrogen and oxygen atoms in total. The highest BCUT2D eigenvalue weighted by Gasteiger charge is 2.20. The number of hydrogen-bond donors (Lipinski definition) is 0. The number of benzene rings is 1. The molecule has 1 atom stereocenters. The monoisotopic (exact) mass is 265 g/mol. The summed E-state index contributed by atoms with van der Waals surface area (Å²) < 4.78 is 6.69. The molecule has 0 aliphatic carbocycles. The van der Waals surface area contributed by atoms with Crippen LogP contribution in [-0.4, -0.2) is 6.61 Å². The van der Waals surface area contributed by atoms with Crippen molar-refractivity contribution >= 4 is 15.9 Å². The van der Waals surface area contributed by atoms with Crippen molar-refractivity contribution in [2.24, 2.45) is 0 Å². The number of halogens is 1. The van der Waals surface area contributed by atoms with E-state index in [9.17, 15) is 0 Å². The molecule has 1 aliphatic heterocycles. The topological polar surface area (TPSA) is 33.0 Å². The zero-order valence-electron chi connectivity index (χ0n) is 8.37. The molecule has 0 fully saturated rings. The van der Waals surface area contributed by atoms with Crippen LogP contribution in [0.25, 0.3) is 0 Å². The fourth-order valence-corrected chi connectivity index (χ4v) is 2.48. The van der Waals surface area contributed by atoms with Crippen LogP contribution in [0.5, 0.6) is 5.75 Å². The van der Waals surface area contributed by atoms with Crippen LogP contribution in [0.2, 0.25) is 0 Å². The first kappa shape index (κ1) is 10.5. The van der Waals surface area contributed by atoms with Gasteiger partial charge in [0.05, 0.1) is 17.1 Å². The van der Waals surface area contributed by atoms with Crippen molar-refractivity contribution < 1.29 is 4.74 Å². The Morgan fingerprint density at radius 2 is 2.40 bits per heavy atom. The molecule has 3 heteroatoms. The maximum atomic E-state index is 8.80. The van der Waals surface area contributed by atoms with Gasteiger partial charge in [-0.25, -0.2) is 0 Å². The Morgan fingerprint density at radius 1 is 1.53 bits per heavy atom. The average molecular weight is 266 g/mol. The van der Waals surface area contributed by atoms with E-state index >= 15 is 0 Å². The van der Waals surface area contributed by atoms with Crippen LogP contribution in [-0.2, 0) is 0 Å². The number of ether oxygens (including phenoxy) is 1. The predicted octanol–water partition coefficient (Wildman–Crippen LogP) is 3.62. The van der Waals surface area contributed by atoms with Gasteiger partial charge in [-0.15, -0.1) is 0 Å². The van der Waals surface area contributed by atoms with Gasteiger partial charge in [0.2, 0.25) is 0 Å². The van der Waals surface area contributed by atoms with E-state index in [-0.39, 0.29) is 0 Å². The molecule has 1 unspecified atom stereocenters. The van der Waals surface area contributed by atoms with E-state index in [0.717, 1.165) is 29.7 Å². The zero-order chi connectivity index (χ0) is 10.7. The van der Waals surface area contributed by atoms with Crippen LogP contribution in [0.1, 0.15) is 30.7 Å². The smallest absolute Gasteiger partial charge is 0.136 e. The van der Waals surface area contributed by atoms with Crippen molar-refractivity contribution in [2.45, 2.75) is 25.2 Å². The normalized spacial score (nSPS) is 19.6. The van der Waals surface area contributed by atoms with Crippen LogP contribution in [0, 0.1) is 11.3 Å². The van der Waals surface area contributed by atoms with E-state index in [1.807, 2.05) is 12.1 Å². The molecule has 0 bridgehead atoms. The summed E-state index contributed by atoms with van der Waals surface area (Å²) in [6.07, 6.45) is 2.64. The molecule has 15 heavy (non-hydrogen) atoms. The minimum atomic E-state index is 0.324. The number of rotatable bonds is 1. The van der Waals surface area contributed by atoms with Gasteiger partial charge in [0.15, 0.2) is 0 Å². The third-order valence-corrected chi connectivity index (χ3v) is 3.34.